The first kappa shape index (κ1) is 25.3. The summed E-state index contributed by atoms with van der Waals surface area (Å²) >= 11 is 1.12. The zero-order valence-corrected chi connectivity index (χ0v) is 20.2. The molecule has 0 amide bonds. The van der Waals surface area contributed by atoms with Crippen molar-refractivity contribution in [3.05, 3.63) is 64.4 Å². The standard InChI is InChI=1S/C23H15F4N5O2S2/c1-12-7-20-16(8-18(12)24)17(10-29)22(32(20)21-6-3-14(9-28)35-21)19-5-4-15(11-30-19)36(33,34)31-13(2)23(25,26)27/h3-8,11,13,31H,1-2H3. The van der Waals surface area contributed by atoms with Gasteiger partial charge in [-0.15, -0.1) is 11.3 Å². The molecular weight excluding hydrogens is 518 g/mol. The average Bonchev–Trinajstić information content (AvgIpc) is 3.40. The van der Waals surface area contributed by atoms with Gasteiger partial charge in [-0.05, 0) is 55.8 Å². The third-order valence-corrected chi connectivity index (χ3v) is 7.90. The van der Waals surface area contributed by atoms with E-state index < -0.39 is 33.0 Å². The summed E-state index contributed by atoms with van der Waals surface area (Å²) in [7, 11) is -4.54. The molecule has 4 aromatic rings. The fourth-order valence-corrected chi connectivity index (χ4v) is 5.55. The number of sulfonamides is 1. The molecular formula is C23H15F4N5O2S2. The van der Waals surface area contributed by atoms with Crippen LogP contribution in [-0.4, -0.2) is 30.2 Å². The van der Waals surface area contributed by atoms with Gasteiger partial charge in [0.15, 0.2) is 0 Å². The van der Waals surface area contributed by atoms with Crippen molar-refractivity contribution in [2.75, 3.05) is 0 Å². The van der Waals surface area contributed by atoms with Gasteiger partial charge >= 0.3 is 6.18 Å². The number of nitrogens with zero attached hydrogens (tertiary/aromatic N) is 4. The van der Waals surface area contributed by atoms with Crippen LogP contribution in [-0.2, 0) is 10.0 Å². The highest BCUT2D eigenvalue weighted by atomic mass is 32.2. The predicted octanol–water partition coefficient (Wildman–Crippen LogP) is 5.17. The van der Waals surface area contributed by atoms with Crippen LogP contribution in [0.2, 0.25) is 0 Å². The molecule has 0 fully saturated rings. The van der Waals surface area contributed by atoms with Crippen LogP contribution in [0.3, 0.4) is 0 Å². The minimum atomic E-state index is -4.78. The smallest absolute Gasteiger partial charge is 0.298 e. The van der Waals surface area contributed by atoms with Gasteiger partial charge in [0.25, 0.3) is 0 Å². The number of aromatic nitrogens is 2. The Morgan fingerprint density at radius 2 is 1.86 bits per heavy atom. The van der Waals surface area contributed by atoms with Gasteiger partial charge in [0.05, 0.1) is 22.5 Å². The van der Waals surface area contributed by atoms with Crippen molar-refractivity contribution < 1.29 is 26.0 Å². The Balaban J connectivity index is 1.91. The minimum absolute atomic E-state index is 0.0581. The van der Waals surface area contributed by atoms with Crippen molar-refractivity contribution in [2.24, 2.45) is 0 Å². The van der Waals surface area contributed by atoms with E-state index in [9.17, 15) is 36.5 Å². The molecule has 0 bridgehead atoms. The summed E-state index contributed by atoms with van der Waals surface area (Å²) < 4.78 is 80.9. The average molecular weight is 534 g/mol. The van der Waals surface area contributed by atoms with Crippen molar-refractivity contribution in [1.82, 2.24) is 14.3 Å². The number of hydrogen-bond acceptors (Lipinski definition) is 6. The van der Waals surface area contributed by atoms with Gasteiger partial charge in [-0.1, -0.05) is 0 Å². The number of aryl methyl sites for hydroxylation is 1. The van der Waals surface area contributed by atoms with Crippen molar-refractivity contribution in [1.29, 1.82) is 10.5 Å². The molecule has 36 heavy (non-hydrogen) atoms. The van der Waals surface area contributed by atoms with Crippen LogP contribution in [0.25, 0.3) is 27.3 Å². The maximum Gasteiger partial charge on any atom is 0.404 e. The lowest BCUT2D eigenvalue weighted by Gasteiger charge is -2.17. The second-order valence-corrected chi connectivity index (χ2v) is 10.6. The Morgan fingerprint density at radius 3 is 2.42 bits per heavy atom. The fraction of sp³-hybridized carbons (Fsp3) is 0.174. The molecule has 0 aliphatic heterocycles. The Labute approximate surface area is 206 Å². The lowest BCUT2D eigenvalue weighted by Crippen LogP contribution is -2.42. The first-order chi connectivity index (χ1) is 16.9. The van der Waals surface area contributed by atoms with Crippen LogP contribution >= 0.6 is 11.3 Å². The number of rotatable bonds is 5. The number of pyridine rings is 1. The maximum absolute atomic E-state index is 14.4. The number of nitriles is 2. The van der Waals surface area contributed by atoms with Gasteiger partial charge in [-0.3, -0.25) is 9.55 Å². The molecule has 3 aromatic heterocycles. The Kier molecular flexibility index (Phi) is 6.34. The van der Waals surface area contributed by atoms with Gasteiger partial charge in [-0.2, -0.15) is 28.4 Å². The third kappa shape index (κ3) is 4.44. The first-order valence-corrected chi connectivity index (χ1v) is 12.5. The van der Waals surface area contributed by atoms with Gasteiger partial charge in [0, 0.05) is 11.6 Å². The van der Waals surface area contributed by atoms with Crippen LogP contribution in [0.1, 0.15) is 22.9 Å². The van der Waals surface area contributed by atoms with Gasteiger partial charge in [0.2, 0.25) is 10.0 Å². The Morgan fingerprint density at radius 1 is 1.14 bits per heavy atom. The molecule has 4 rings (SSSR count). The monoisotopic (exact) mass is 533 g/mol. The van der Waals surface area contributed by atoms with Crippen LogP contribution in [0.4, 0.5) is 17.6 Å². The van der Waals surface area contributed by atoms with Crippen LogP contribution < -0.4 is 4.72 Å². The third-order valence-electron chi connectivity index (χ3n) is 5.39. The molecule has 184 valence electrons. The minimum Gasteiger partial charge on any atom is -0.298 e. The van der Waals surface area contributed by atoms with Gasteiger partial charge in [0.1, 0.15) is 38.8 Å². The highest BCUT2D eigenvalue weighted by molar-refractivity contribution is 7.89. The van der Waals surface area contributed by atoms with Crippen LogP contribution in [0.15, 0.2) is 47.5 Å². The molecule has 0 radical (unpaired) electrons. The second-order valence-electron chi connectivity index (χ2n) is 7.80. The van der Waals surface area contributed by atoms with E-state index in [1.165, 1.54) is 12.1 Å². The lowest BCUT2D eigenvalue weighted by molar-refractivity contribution is -0.147. The molecule has 1 unspecified atom stereocenters. The number of alkyl halides is 3. The molecule has 1 aromatic carbocycles. The molecule has 3 heterocycles. The highest BCUT2D eigenvalue weighted by Crippen LogP contribution is 2.38. The van der Waals surface area contributed by atoms with Crippen LogP contribution in [0, 0.1) is 35.4 Å². The highest BCUT2D eigenvalue weighted by Gasteiger charge is 2.39. The van der Waals surface area contributed by atoms with Gasteiger partial charge < -0.3 is 0 Å². The van der Waals surface area contributed by atoms with E-state index in [-0.39, 0.29) is 22.3 Å². The number of benzene rings is 1. The van der Waals surface area contributed by atoms with Crippen molar-refractivity contribution in [3.8, 4) is 28.5 Å². The summed E-state index contributed by atoms with van der Waals surface area (Å²) in [6.07, 6.45) is -3.90. The molecule has 1 atom stereocenters. The topological polar surface area (TPSA) is 112 Å². The largest absolute Gasteiger partial charge is 0.404 e. The summed E-state index contributed by atoms with van der Waals surface area (Å²) in [4.78, 5) is 4.00. The molecule has 0 aliphatic carbocycles. The molecule has 13 heteroatoms. The number of fused-ring (bicyclic) bond motifs is 1. The number of hydrogen-bond donors (Lipinski definition) is 1. The molecule has 1 N–H and O–H groups in total. The van der Waals surface area contributed by atoms with E-state index >= 15 is 0 Å². The fourth-order valence-electron chi connectivity index (χ4n) is 3.55. The SMILES string of the molecule is Cc1cc2c(cc1F)c(C#N)c(-c1ccc(S(=O)(=O)NC(C)C(F)(F)F)cn1)n2-c1ccc(C#N)s1. The summed E-state index contributed by atoms with van der Waals surface area (Å²) in [5.41, 5.74) is 1.17. The number of thiophene rings is 1. The van der Waals surface area contributed by atoms with Crippen LogP contribution in [0.5, 0.6) is 0 Å². The molecule has 0 spiro atoms. The molecule has 0 saturated carbocycles. The van der Waals surface area contributed by atoms with E-state index in [0.717, 1.165) is 23.6 Å². The van der Waals surface area contributed by atoms with E-state index in [4.69, 9.17) is 0 Å². The Hall–Kier alpha value is -3.78. The zero-order valence-electron chi connectivity index (χ0n) is 18.6. The molecule has 0 aliphatic rings. The van der Waals surface area contributed by atoms with Crippen molar-refractivity contribution >= 4 is 32.3 Å². The van der Waals surface area contributed by atoms with Gasteiger partial charge in [-0.25, -0.2) is 12.8 Å². The summed E-state index contributed by atoms with van der Waals surface area (Å²) in [5, 5.41) is 20.0. The number of halogens is 4. The van der Waals surface area contributed by atoms with Crippen molar-refractivity contribution in [2.45, 2.75) is 31.0 Å². The summed E-state index contributed by atoms with van der Waals surface area (Å²) in [6.45, 7) is 2.23. The quantitative estimate of drug-likeness (QED) is 0.356. The predicted molar refractivity (Wildman–Crippen MR) is 124 cm³/mol. The molecule has 7 nitrogen and oxygen atoms in total. The summed E-state index contributed by atoms with van der Waals surface area (Å²) in [6, 6.07) is 10.0. The summed E-state index contributed by atoms with van der Waals surface area (Å²) in [5.74, 6) is -0.536. The van der Waals surface area contributed by atoms with E-state index in [1.54, 1.807) is 34.4 Å². The maximum atomic E-state index is 14.4. The van der Waals surface area contributed by atoms with Crippen molar-refractivity contribution in [3.63, 3.8) is 0 Å². The normalized spacial score (nSPS) is 12.9. The number of nitrogens with one attached hydrogen (secondary N) is 1. The van der Waals surface area contributed by atoms with E-state index in [1.807, 2.05) is 12.1 Å². The zero-order chi connectivity index (χ0) is 26.4. The van der Waals surface area contributed by atoms with E-state index in [2.05, 4.69) is 4.98 Å². The molecule has 0 saturated heterocycles. The Bertz CT molecular complexity index is 1680. The van der Waals surface area contributed by atoms with E-state index in [0.29, 0.717) is 27.9 Å². The first-order valence-electron chi connectivity index (χ1n) is 10.2. The lowest BCUT2D eigenvalue weighted by atomic mass is 10.1. The second kappa shape index (κ2) is 9.02.